The van der Waals surface area contributed by atoms with Crippen molar-refractivity contribution < 1.29 is 33.4 Å². The Morgan fingerprint density at radius 1 is 1.07 bits per heavy atom. The molecule has 1 aliphatic heterocycles. The fourth-order valence-electron chi connectivity index (χ4n) is 5.06. The van der Waals surface area contributed by atoms with Crippen molar-refractivity contribution in [2.75, 3.05) is 20.3 Å². The number of aromatic nitrogens is 2. The number of hydrogen-bond donors (Lipinski definition) is 4. The van der Waals surface area contributed by atoms with Crippen LogP contribution in [0.2, 0.25) is 0 Å². The lowest BCUT2D eigenvalue weighted by atomic mass is 9.90. The summed E-state index contributed by atoms with van der Waals surface area (Å²) < 4.78 is 10.6. The van der Waals surface area contributed by atoms with Crippen LogP contribution in [0.3, 0.4) is 0 Å². The van der Waals surface area contributed by atoms with Crippen molar-refractivity contribution >= 4 is 40.4 Å². The van der Waals surface area contributed by atoms with Crippen molar-refractivity contribution in [2.45, 2.75) is 51.6 Å². The Labute approximate surface area is 249 Å². The smallest absolute Gasteiger partial charge is 0.338 e. The van der Waals surface area contributed by atoms with Gasteiger partial charge >= 0.3 is 5.97 Å². The third-order valence-corrected chi connectivity index (χ3v) is 7.30. The zero-order chi connectivity index (χ0) is 30.9. The highest BCUT2D eigenvalue weighted by Crippen LogP contribution is 2.26. The Bertz CT molecular complexity index is 1470. The molecular formula is C31H37N5O7. The molecule has 1 saturated heterocycles. The molecule has 1 fully saturated rings. The van der Waals surface area contributed by atoms with Gasteiger partial charge in [-0.2, -0.15) is 0 Å². The van der Waals surface area contributed by atoms with Crippen LogP contribution in [-0.4, -0.2) is 71.8 Å². The van der Waals surface area contributed by atoms with Gasteiger partial charge in [0.05, 0.1) is 18.7 Å². The van der Waals surface area contributed by atoms with Gasteiger partial charge in [-0.1, -0.05) is 19.9 Å². The number of carbonyl (C=O) groups excluding carboxylic acids is 5. The Hall–Kier alpha value is -4.74. The van der Waals surface area contributed by atoms with Crippen molar-refractivity contribution in [1.29, 1.82) is 0 Å². The van der Waals surface area contributed by atoms with Gasteiger partial charge in [-0.15, -0.1) is 0 Å². The van der Waals surface area contributed by atoms with Gasteiger partial charge in [-0.25, -0.2) is 4.79 Å². The number of methoxy groups -OCH3 is 1. The van der Waals surface area contributed by atoms with Crippen molar-refractivity contribution in [3.63, 3.8) is 0 Å². The standard InChI is InChI=1S/C31H37N5O7/c1-18(2)14-24(36-30(40)25-16-21-22(34-25)7-4-8-27(21)42-3)29(39)35-23(15-20-6-5-11-33-28(20)38)26(37)17-43-31(41)19-9-12-32-13-10-19/h4,7-10,12-13,16,18,20,23-24,34H,5-6,11,14-15,17H2,1-3H3,(H,33,38)(H,35,39)(H,36,40)/t20-,23-,24-/m0/s1. The predicted octanol–water partition coefficient (Wildman–Crippen LogP) is 2.54. The van der Waals surface area contributed by atoms with Crippen LogP contribution in [0.15, 0.2) is 48.8 Å². The quantitative estimate of drug-likeness (QED) is 0.220. The Kier molecular flexibility index (Phi) is 10.5. The van der Waals surface area contributed by atoms with Gasteiger partial charge < -0.3 is 30.4 Å². The average Bonchev–Trinajstić information content (AvgIpc) is 3.45. The molecule has 3 aromatic rings. The fourth-order valence-corrected chi connectivity index (χ4v) is 5.06. The van der Waals surface area contributed by atoms with Gasteiger partial charge in [0.1, 0.15) is 17.5 Å². The minimum absolute atomic E-state index is 0.0263. The summed E-state index contributed by atoms with van der Waals surface area (Å²) in [5.41, 5.74) is 1.17. The van der Waals surface area contributed by atoms with Crippen LogP contribution < -0.4 is 20.7 Å². The number of piperidine rings is 1. The molecule has 3 amide bonds. The first-order chi connectivity index (χ1) is 20.7. The molecule has 3 atom stereocenters. The number of benzene rings is 1. The highest BCUT2D eigenvalue weighted by Gasteiger charge is 2.33. The Morgan fingerprint density at radius 3 is 2.53 bits per heavy atom. The number of carbonyl (C=O) groups is 5. The lowest BCUT2D eigenvalue weighted by molar-refractivity contribution is -0.133. The number of Topliss-reactive ketones (excluding diaryl/α,β-unsaturated/α-hetero) is 1. The number of hydrogen-bond acceptors (Lipinski definition) is 8. The lowest BCUT2D eigenvalue weighted by Gasteiger charge is -2.28. The van der Waals surface area contributed by atoms with Gasteiger partial charge in [-0.05, 0) is 61.9 Å². The van der Waals surface area contributed by atoms with E-state index in [1.807, 2.05) is 19.9 Å². The minimum Gasteiger partial charge on any atom is -0.496 e. The van der Waals surface area contributed by atoms with E-state index < -0.39 is 48.2 Å². The third-order valence-electron chi connectivity index (χ3n) is 7.30. The average molecular weight is 592 g/mol. The summed E-state index contributed by atoms with van der Waals surface area (Å²) in [6, 6.07) is 7.87. The van der Waals surface area contributed by atoms with Gasteiger partial charge in [0, 0.05) is 35.8 Å². The summed E-state index contributed by atoms with van der Waals surface area (Å²) in [4.78, 5) is 72.0. The summed E-state index contributed by atoms with van der Waals surface area (Å²) in [6.45, 7) is 3.77. The van der Waals surface area contributed by atoms with E-state index in [2.05, 4.69) is 25.9 Å². The van der Waals surface area contributed by atoms with E-state index in [0.29, 0.717) is 30.7 Å². The number of amides is 3. The number of nitrogens with one attached hydrogen (secondary N) is 4. The Morgan fingerprint density at radius 2 is 1.84 bits per heavy atom. The number of rotatable bonds is 13. The largest absolute Gasteiger partial charge is 0.496 e. The van der Waals surface area contributed by atoms with Crippen LogP contribution in [0.25, 0.3) is 10.9 Å². The molecule has 0 unspecified atom stereocenters. The van der Waals surface area contributed by atoms with E-state index in [4.69, 9.17) is 9.47 Å². The maximum absolute atomic E-state index is 13.6. The molecule has 0 aliphatic carbocycles. The predicted molar refractivity (Wildman–Crippen MR) is 157 cm³/mol. The minimum atomic E-state index is -1.12. The maximum atomic E-state index is 13.6. The van der Waals surface area contributed by atoms with Crippen LogP contribution in [-0.2, 0) is 19.1 Å². The molecule has 4 rings (SSSR count). The molecule has 1 aliphatic rings. The molecule has 228 valence electrons. The molecule has 12 heteroatoms. The number of pyridine rings is 1. The van der Waals surface area contributed by atoms with Crippen LogP contribution in [0.4, 0.5) is 0 Å². The number of fused-ring (bicyclic) bond motifs is 1. The molecule has 0 spiro atoms. The first kappa shape index (κ1) is 31.2. The highest BCUT2D eigenvalue weighted by atomic mass is 16.5. The van der Waals surface area contributed by atoms with E-state index in [0.717, 1.165) is 11.8 Å². The summed E-state index contributed by atoms with van der Waals surface area (Å²) in [6.07, 6.45) is 4.48. The first-order valence-electron chi connectivity index (χ1n) is 14.3. The van der Waals surface area contributed by atoms with Crippen LogP contribution in [0.5, 0.6) is 5.75 Å². The van der Waals surface area contributed by atoms with Crippen LogP contribution in [0.1, 0.15) is 60.4 Å². The summed E-state index contributed by atoms with van der Waals surface area (Å²) in [7, 11) is 1.54. The second-order valence-electron chi connectivity index (χ2n) is 11.0. The van der Waals surface area contributed by atoms with Gasteiger partial charge in [0.25, 0.3) is 5.91 Å². The van der Waals surface area contributed by atoms with E-state index >= 15 is 0 Å². The number of nitrogens with zero attached hydrogens (tertiary/aromatic N) is 1. The molecule has 2 aromatic heterocycles. The number of ketones is 1. The van der Waals surface area contributed by atoms with Gasteiger partial charge in [-0.3, -0.25) is 24.2 Å². The molecular weight excluding hydrogens is 554 g/mol. The second-order valence-corrected chi connectivity index (χ2v) is 11.0. The number of H-pyrrole nitrogens is 1. The van der Waals surface area contributed by atoms with E-state index in [-0.39, 0.29) is 29.5 Å². The molecule has 0 radical (unpaired) electrons. The monoisotopic (exact) mass is 591 g/mol. The molecule has 0 bridgehead atoms. The molecule has 43 heavy (non-hydrogen) atoms. The van der Waals surface area contributed by atoms with Crippen molar-refractivity contribution in [3.8, 4) is 5.75 Å². The molecule has 4 N–H and O–H groups in total. The second kappa shape index (κ2) is 14.4. The molecule has 1 aromatic carbocycles. The van der Waals surface area contributed by atoms with Crippen LogP contribution in [0, 0.1) is 11.8 Å². The summed E-state index contributed by atoms with van der Waals surface area (Å²) in [5.74, 6) is -2.43. The van der Waals surface area contributed by atoms with Crippen LogP contribution >= 0.6 is 0 Å². The SMILES string of the molecule is COc1cccc2[nH]c(C(=O)N[C@@H](CC(C)C)C(=O)N[C@@H](C[C@@H]3CCCNC3=O)C(=O)COC(=O)c3ccncc3)cc12. The summed E-state index contributed by atoms with van der Waals surface area (Å²) in [5, 5.41) is 9.04. The zero-order valence-corrected chi connectivity index (χ0v) is 24.5. The number of aromatic amines is 1. The fraction of sp³-hybridized carbons (Fsp3) is 0.419. The number of esters is 1. The molecule has 3 heterocycles. The zero-order valence-electron chi connectivity index (χ0n) is 24.5. The normalized spacial score (nSPS) is 16.2. The molecule has 0 saturated carbocycles. The Balaban J connectivity index is 1.49. The highest BCUT2D eigenvalue weighted by molar-refractivity contribution is 6.02. The summed E-state index contributed by atoms with van der Waals surface area (Å²) >= 11 is 0. The topological polar surface area (TPSA) is 169 Å². The van der Waals surface area contributed by atoms with E-state index in [1.54, 1.807) is 25.3 Å². The maximum Gasteiger partial charge on any atom is 0.338 e. The third kappa shape index (κ3) is 8.18. The van der Waals surface area contributed by atoms with Gasteiger partial charge in [0.15, 0.2) is 12.4 Å². The van der Waals surface area contributed by atoms with Crippen molar-refractivity contribution in [1.82, 2.24) is 25.9 Å². The number of ether oxygens (including phenoxy) is 2. The first-order valence-corrected chi connectivity index (χ1v) is 14.3. The van der Waals surface area contributed by atoms with E-state index in [1.165, 1.54) is 24.5 Å². The van der Waals surface area contributed by atoms with Crippen molar-refractivity contribution in [2.24, 2.45) is 11.8 Å². The van der Waals surface area contributed by atoms with E-state index in [9.17, 15) is 24.0 Å². The van der Waals surface area contributed by atoms with Gasteiger partial charge in [0.2, 0.25) is 11.8 Å². The molecule has 12 nitrogen and oxygen atoms in total. The van der Waals surface area contributed by atoms with Crippen molar-refractivity contribution in [3.05, 3.63) is 60.0 Å². The lowest BCUT2D eigenvalue weighted by Crippen LogP contribution is -2.54.